The number of hydrogen-bond donors (Lipinski definition) is 2. The average Bonchev–Trinajstić information content (AvgIpc) is 2.94. The fraction of sp³-hybridized carbons (Fsp3) is 0.211. The van der Waals surface area contributed by atoms with Crippen molar-refractivity contribution in [1.29, 1.82) is 0 Å². The van der Waals surface area contributed by atoms with Crippen molar-refractivity contribution in [2.24, 2.45) is 0 Å². The molecule has 0 fully saturated rings. The Morgan fingerprint density at radius 1 is 1.22 bits per heavy atom. The first-order valence-electron chi connectivity index (χ1n) is 7.74. The smallest absolute Gasteiger partial charge is 0.224 e. The maximum Gasteiger partial charge on any atom is 0.224 e. The maximum atomic E-state index is 12.1. The van der Waals surface area contributed by atoms with Crippen LogP contribution in [0.2, 0.25) is 5.02 Å². The molecule has 1 amide bonds. The Balaban J connectivity index is 1.55. The molecule has 0 aliphatic rings. The third-order valence-corrected chi connectivity index (χ3v) is 4.22. The summed E-state index contributed by atoms with van der Waals surface area (Å²) < 4.78 is 0. The first kappa shape index (κ1) is 15.6. The molecule has 0 bridgehead atoms. The molecule has 0 saturated carbocycles. The highest BCUT2D eigenvalue weighted by atomic mass is 35.5. The second kappa shape index (κ2) is 6.88. The van der Waals surface area contributed by atoms with Gasteiger partial charge >= 0.3 is 0 Å². The van der Waals surface area contributed by atoms with Crippen molar-refractivity contribution in [1.82, 2.24) is 4.98 Å². The molecular formula is C19H19ClN2O. The molecule has 4 heteroatoms. The Bertz CT molecular complexity index is 838. The molecule has 3 nitrogen and oxygen atoms in total. The van der Waals surface area contributed by atoms with Crippen molar-refractivity contribution in [2.45, 2.75) is 26.2 Å². The Kier molecular flexibility index (Phi) is 4.68. The van der Waals surface area contributed by atoms with Crippen molar-refractivity contribution in [3.05, 3.63) is 64.8 Å². The van der Waals surface area contributed by atoms with E-state index in [-0.39, 0.29) is 5.91 Å². The van der Waals surface area contributed by atoms with Crippen LogP contribution in [0.5, 0.6) is 0 Å². The zero-order valence-electron chi connectivity index (χ0n) is 13.0. The molecule has 1 heterocycles. The molecule has 2 aromatic carbocycles. The van der Waals surface area contributed by atoms with Gasteiger partial charge in [0.25, 0.3) is 0 Å². The van der Waals surface area contributed by atoms with E-state index in [1.807, 2.05) is 37.4 Å². The summed E-state index contributed by atoms with van der Waals surface area (Å²) in [5.74, 6) is 0.0373. The van der Waals surface area contributed by atoms with Gasteiger partial charge in [-0.15, -0.1) is 0 Å². The van der Waals surface area contributed by atoms with Gasteiger partial charge in [-0.1, -0.05) is 29.8 Å². The van der Waals surface area contributed by atoms with Gasteiger partial charge in [0.15, 0.2) is 0 Å². The summed E-state index contributed by atoms with van der Waals surface area (Å²) in [5.41, 5.74) is 4.20. The minimum Gasteiger partial charge on any atom is -0.361 e. The van der Waals surface area contributed by atoms with Crippen molar-refractivity contribution in [2.75, 3.05) is 5.32 Å². The largest absolute Gasteiger partial charge is 0.361 e. The van der Waals surface area contributed by atoms with E-state index in [1.54, 1.807) is 6.07 Å². The van der Waals surface area contributed by atoms with Crippen LogP contribution in [-0.2, 0) is 11.2 Å². The predicted molar refractivity (Wildman–Crippen MR) is 96.1 cm³/mol. The number of aromatic nitrogens is 1. The minimum absolute atomic E-state index is 0.0373. The topological polar surface area (TPSA) is 44.9 Å². The number of anilines is 1. The number of para-hydroxylation sites is 1. The molecule has 0 saturated heterocycles. The normalized spacial score (nSPS) is 10.9. The van der Waals surface area contributed by atoms with Crippen LogP contribution in [-0.4, -0.2) is 10.9 Å². The summed E-state index contributed by atoms with van der Waals surface area (Å²) in [6.45, 7) is 1.94. The molecule has 23 heavy (non-hydrogen) atoms. The molecule has 118 valence electrons. The quantitative estimate of drug-likeness (QED) is 0.673. The van der Waals surface area contributed by atoms with Gasteiger partial charge in [-0.3, -0.25) is 4.79 Å². The van der Waals surface area contributed by atoms with Crippen LogP contribution in [0.1, 0.15) is 24.0 Å². The zero-order valence-corrected chi connectivity index (χ0v) is 13.8. The molecule has 3 aromatic rings. The van der Waals surface area contributed by atoms with Crippen LogP contribution in [0.4, 0.5) is 5.69 Å². The Morgan fingerprint density at radius 2 is 2.04 bits per heavy atom. The highest BCUT2D eigenvalue weighted by Gasteiger charge is 2.07. The first-order valence-corrected chi connectivity index (χ1v) is 8.12. The van der Waals surface area contributed by atoms with E-state index in [9.17, 15) is 4.79 Å². The fourth-order valence-corrected chi connectivity index (χ4v) is 2.98. The number of benzene rings is 2. The van der Waals surface area contributed by atoms with E-state index >= 15 is 0 Å². The summed E-state index contributed by atoms with van der Waals surface area (Å²) in [4.78, 5) is 15.4. The molecule has 0 aliphatic carbocycles. The number of H-pyrrole nitrogens is 1. The van der Waals surface area contributed by atoms with E-state index < -0.39 is 0 Å². The Hall–Kier alpha value is -2.26. The van der Waals surface area contributed by atoms with E-state index in [0.29, 0.717) is 11.4 Å². The highest BCUT2D eigenvalue weighted by Crippen LogP contribution is 2.21. The van der Waals surface area contributed by atoms with Gasteiger partial charge in [-0.25, -0.2) is 0 Å². The highest BCUT2D eigenvalue weighted by molar-refractivity contribution is 6.30. The number of fused-ring (bicyclic) bond motifs is 1. The van der Waals surface area contributed by atoms with E-state index in [0.717, 1.165) is 29.6 Å². The van der Waals surface area contributed by atoms with Crippen LogP contribution in [0, 0.1) is 6.92 Å². The molecule has 0 atom stereocenters. The van der Waals surface area contributed by atoms with Crippen molar-refractivity contribution >= 4 is 34.1 Å². The lowest BCUT2D eigenvalue weighted by atomic mass is 10.1. The Morgan fingerprint density at radius 3 is 2.87 bits per heavy atom. The standard InChI is InChI=1S/C19H19ClN2O/c1-13-11-15(20)9-10-17(13)22-19(23)8-4-5-14-12-21-18-7-3-2-6-16(14)18/h2-3,6-7,9-12,21H,4-5,8H2,1H3,(H,22,23). The number of aryl methyl sites for hydroxylation is 2. The summed E-state index contributed by atoms with van der Waals surface area (Å²) in [5, 5.41) is 4.87. The third-order valence-electron chi connectivity index (χ3n) is 3.99. The SMILES string of the molecule is Cc1cc(Cl)ccc1NC(=O)CCCc1c[nH]c2ccccc12. The number of aromatic amines is 1. The molecule has 1 aromatic heterocycles. The van der Waals surface area contributed by atoms with E-state index in [4.69, 9.17) is 11.6 Å². The number of carbonyl (C=O) groups excluding carboxylic acids is 1. The zero-order chi connectivity index (χ0) is 16.2. The second-order valence-electron chi connectivity index (χ2n) is 5.72. The molecule has 0 aliphatic heterocycles. The fourth-order valence-electron chi connectivity index (χ4n) is 2.76. The lowest BCUT2D eigenvalue weighted by Gasteiger charge is -2.08. The van der Waals surface area contributed by atoms with E-state index in [1.165, 1.54) is 10.9 Å². The van der Waals surface area contributed by atoms with Crippen LogP contribution < -0.4 is 5.32 Å². The molecule has 3 rings (SSSR count). The summed E-state index contributed by atoms with van der Waals surface area (Å²) in [6.07, 6.45) is 4.24. The molecule has 0 spiro atoms. The molecule has 0 unspecified atom stereocenters. The van der Waals surface area contributed by atoms with Crippen LogP contribution >= 0.6 is 11.6 Å². The summed E-state index contributed by atoms with van der Waals surface area (Å²) in [7, 11) is 0. The van der Waals surface area contributed by atoms with Gasteiger partial charge in [0.2, 0.25) is 5.91 Å². The predicted octanol–water partition coefficient (Wildman–Crippen LogP) is 5.09. The van der Waals surface area contributed by atoms with Crippen molar-refractivity contribution in [3.8, 4) is 0 Å². The summed E-state index contributed by atoms with van der Waals surface area (Å²) in [6, 6.07) is 13.7. The van der Waals surface area contributed by atoms with Gasteiger partial charge in [-0.05, 0) is 55.2 Å². The van der Waals surface area contributed by atoms with Crippen molar-refractivity contribution < 1.29 is 4.79 Å². The van der Waals surface area contributed by atoms with Crippen LogP contribution in [0.15, 0.2) is 48.7 Å². The minimum atomic E-state index is 0.0373. The van der Waals surface area contributed by atoms with Crippen molar-refractivity contribution in [3.63, 3.8) is 0 Å². The molecular weight excluding hydrogens is 308 g/mol. The molecule has 2 N–H and O–H groups in total. The lowest BCUT2D eigenvalue weighted by Crippen LogP contribution is -2.12. The van der Waals surface area contributed by atoms with E-state index in [2.05, 4.69) is 22.4 Å². The number of nitrogens with one attached hydrogen (secondary N) is 2. The second-order valence-corrected chi connectivity index (χ2v) is 6.16. The summed E-state index contributed by atoms with van der Waals surface area (Å²) >= 11 is 5.93. The Labute approximate surface area is 140 Å². The van der Waals surface area contributed by atoms with Gasteiger partial charge in [-0.2, -0.15) is 0 Å². The number of halogens is 1. The number of amides is 1. The number of rotatable bonds is 5. The number of hydrogen-bond acceptors (Lipinski definition) is 1. The maximum absolute atomic E-state index is 12.1. The van der Waals surface area contributed by atoms with Gasteiger partial charge in [0, 0.05) is 34.2 Å². The van der Waals surface area contributed by atoms with Gasteiger partial charge < -0.3 is 10.3 Å². The molecule has 0 radical (unpaired) electrons. The lowest BCUT2D eigenvalue weighted by molar-refractivity contribution is -0.116. The van der Waals surface area contributed by atoms with Crippen LogP contribution in [0.25, 0.3) is 10.9 Å². The third kappa shape index (κ3) is 3.74. The first-order chi connectivity index (χ1) is 11.1. The average molecular weight is 327 g/mol. The van der Waals surface area contributed by atoms with Gasteiger partial charge in [0.1, 0.15) is 0 Å². The van der Waals surface area contributed by atoms with Crippen LogP contribution in [0.3, 0.4) is 0 Å². The number of carbonyl (C=O) groups is 1. The van der Waals surface area contributed by atoms with Gasteiger partial charge in [0.05, 0.1) is 0 Å². The monoisotopic (exact) mass is 326 g/mol.